The summed E-state index contributed by atoms with van der Waals surface area (Å²) in [6.07, 6.45) is 1.14. The molecule has 1 aliphatic rings. The van der Waals surface area contributed by atoms with Gasteiger partial charge in [-0.05, 0) is 24.1 Å². The van der Waals surface area contributed by atoms with Gasteiger partial charge in [-0.2, -0.15) is 0 Å². The molecule has 1 N–H and O–H groups in total. The summed E-state index contributed by atoms with van der Waals surface area (Å²) >= 11 is 0. The Kier molecular flexibility index (Phi) is 3.34. The second-order valence-electron chi connectivity index (χ2n) is 3.89. The molecule has 2 unspecified atom stereocenters. The fourth-order valence-corrected chi connectivity index (χ4v) is 1.78. The second kappa shape index (κ2) is 4.73. The van der Waals surface area contributed by atoms with Gasteiger partial charge in [-0.3, -0.25) is 0 Å². The third-order valence-electron chi connectivity index (χ3n) is 2.83. The maximum Gasteiger partial charge on any atom is 0.123 e. The summed E-state index contributed by atoms with van der Waals surface area (Å²) in [4.78, 5) is 0. The lowest BCUT2D eigenvalue weighted by Gasteiger charge is -2.30. The molecule has 1 fully saturated rings. The molecular formula is C12H16FNO. The summed E-state index contributed by atoms with van der Waals surface area (Å²) < 4.78 is 18.4. The fourth-order valence-electron chi connectivity index (χ4n) is 1.78. The molecule has 3 heteroatoms. The van der Waals surface area contributed by atoms with Crippen molar-refractivity contribution in [2.75, 3.05) is 13.2 Å². The molecule has 2 rings (SSSR count). The molecule has 1 aromatic carbocycles. The maximum atomic E-state index is 12.7. The minimum Gasteiger partial charge on any atom is -0.371 e. The summed E-state index contributed by atoms with van der Waals surface area (Å²) in [6.45, 7) is 3.68. The smallest absolute Gasteiger partial charge is 0.123 e. The lowest BCUT2D eigenvalue weighted by atomic mass is 10.1. The lowest BCUT2D eigenvalue weighted by Crippen LogP contribution is -2.42. The minimum atomic E-state index is -0.200. The Morgan fingerprint density at radius 1 is 1.40 bits per heavy atom. The fraction of sp³-hybridized carbons (Fsp3) is 0.500. The van der Waals surface area contributed by atoms with Crippen LogP contribution in [0.15, 0.2) is 24.3 Å². The zero-order valence-corrected chi connectivity index (χ0v) is 8.87. The molecular weight excluding hydrogens is 193 g/mol. The van der Waals surface area contributed by atoms with Gasteiger partial charge in [-0.1, -0.05) is 19.1 Å². The van der Waals surface area contributed by atoms with Gasteiger partial charge in [0.1, 0.15) is 5.82 Å². The van der Waals surface area contributed by atoms with E-state index in [4.69, 9.17) is 4.74 Å². The summed E-state index contributed by atoms with van der Waals surface area (Å²) in [5.41, 5.74) is 1.04. The van der Waals surface area contributed by atoms with Crippen LogP contribution in [0.3, 0.4) is 0 Å². The molecule has 0 saturated carbocycles. The van der Waals surface area contributed by atoms with Crippen molar-refractivity contribution in [3.8, 4) is 0 Å². The van der Waals surface area contributed by atoms with Crippen molar-refractivity contribution in [2.45, 2.75) is 25.5 Å². The van der Waals surface area contributed by atoms with Crippen LogP contribution in [0.2, 0.25) is 0 Å². The zero-order valence-electron chi connectivity index (χ0n) is 8.87. The van der Waals surface area contributed by atoms with Crippen molar-refractivity contribution in [1.82, 2.24) is 5.32 Å². The molecule has 1 saturated heterocycles. The van der Waals surface area contributed by atoms with E-state index in [1.165, 1.54) is 12.1 Å². The first-order valence-electron chi connectivity index (χ1n) is 5.40. The molecule has 1 aliphatic heterocycles. The molecule has 1 aromatic rings. The van der Waals surface area contributed by atoms with Crippen molar-refractivity contribution < 1.29 is 9.13 Å². The Morgan fingerprint density at radius 3 is 2.67 bits per heavy atom. The van der Waals surface area contributed by atoms with Crippen molar-refractivity contribution >= 4 is 0 Å². The van der Waals surface area contributed by atoms with Crippen LogP contribution in [0.5, 0.6) is 0 Å². The number of nitrogens with one attached hydrogen (secondary N) is 1. The Labute approximate surface area is 89.4 Å². The van der Waals surface area contributed by atoms with E-state index in [0.717, 1.165) is 25.1 Å². The van der Waals surface area contributed by atoms with E-state index in [9.17, 15) is 4.39 Å². The molecule has 2 nitrogen and oxygen atoms in total. The van der Waals surface area contributed by atoms with Gasteiger partial charge in [0.25, 0.3) is 0 Å². The second-order valence-corrected chi connectivity index (χ2v) is 3.89. The predicted octanol–water partition coefficient (Wildman–Crippen LogP) is 2.27. The Bertz CT molecular complexity index is 304. The first-order chi connectivity index (χ1) is 7.29. The Hall–Kier alpha value is -0.930. The standard InChI is InChI=1S/C12H16FNO/c1-2-11-8-15-12(7-14-11)9-3-5-10(13)6-4-9/h3-6,11-12,14H,2,7-8H2,1H3. The monoisotopic (exact) mass is 209 g/mol. The van der Waals surface area contributed by atoms with Gasteiger partial charge in [0.15, 0.2) is 0 Å². The van der Waals surface area contributed by atoms with Gasteiger partial charge in [-0.15, -0.1) is 0 Å². The van der Waals surface area contributed by atoms with Gasteiger partial charge in [0, 0.05) is 12.6 Å². The van der Waals surface area contributed by atoms with Crippen molar-refractivity contribution in [3.05, 3.63) is 35.6 Å². The first-order valence-corrected chi connectivity index (χ1v) is 5.40. The highest BCUT2D eigenvalue weighted by atomic mass is 19.1. The van der Waals surface area contributed by atoms with Crippen molar-refractivity contribution in [2.24, 2.45) is 0 Å². The molecule has 0 aromatic heterocycles. The molecule has 2 atom stereocenters. The largest absolute Gasteiger partial charge is 0.371 e. The van der Waals surface area contributed by atoms with E-state index >= 15 is 0 Å². The predicted molar refractivity (Wildman–Crippen MR) is 57.2 cm³/mol. The van der Waals surface area contributed by atoms with Gasteiger partial charge >= 0.3 is 0 Å². The van der Waals surface area contributed by atoms with Crippen LogP contribution < -0.4 is 5.32 Å². The summed E-state index contributed by atoms with van der Waals surface area (Å²) in [6, 6.07) is 6.98. The van der Waals surface area contributed by atoms with Crippen LogP contribution in [0.25, 0.3) is 0 Å². The average Bonchev–Trinajstić information content (AvgIpc) is 2.30. The molecule has 82 valence electrons. The number of rotatable bonds is 2. The number of ether oxygens (including phenoxy) is 1. The molecule has 1 heterocycles. The SMILES string of the molecule is CCC1COC(c2ccc(F)cc2)CN1. The van der Waals surface area contributed by atoms with E-state index in [0.29, 0.717) is 6.04 Å². The van der Waals surface area contributed by atoms with Crippen LogP contribution in [-0.2, 0) is 4.74 Å². The molecule has 0 bridgehead atoms. The quantitative estimate of drug-likeness (QED) is 0.806. The van der Waals surface area contributed by atoms with Gasteiger partial charge in [0.2, 0.25) is 0 Å². The Morgan fingerprint density at radius 2 is 2.13 bits per heavy atom. The summed E-state index contributed by atoms with van der Waals surface area (Å²) in [5, 5.41) is 3.41. The molecule has 15 heavy (non-hydrogen) atoms. The molecule has 0 amide bonds. The number of hydrogen-bond donors (Lipinski definition) is 1. The number of hydrogen-bond acceptors (Lipinski definition) is 2. The number of morpholine rings is 1. The summed E-state index contributed by atoms with van der Waals surface area (Å²) in [7, 11) is 0. The average molecular weight is 209 g/mol. The van der Waals surface area contributed by atoms with Crippen LogP contribution in [0, 0.1) is 5.82 Å². The summed E-state index contributed by atoms with van der Waals surface area (Å²) in [5.74, 6) is -0.200. The molecule has 0 spiro atoms. The minimum absolute atomic E-state index is 0.0633. The van der Waals surface area contributed by atoms with Gasteiger partial charge in [-0.25, -0.2) is 4.39 Å². The Balaban J connectivity index is 1.98. The highest BCUT2D eigenvalue weighted by molar-refractivity contribution is 5.19. The topological polar surface area (TPSA) is 21.3 Å². The lowest BCUT2D eigenvalue weighted by molar-refractivity contribution is 0.00220. The number of halogens is 1. The van der Waals surface area contributed by atoms with Gasteiger partial charge < -0.3 is 10.1 Å². The highest BCUT2D eigenvalue weighted by Crippen LogP contribution is 2.20. The van der Waals surface area contributed by atoms with Crippen LogP contribution in [0.4, 0.5) is 4.39 Å². The molecule has 0 aliphatic carbocycles. The normalized spacial score (nSPS) is 26.5. The van der Waals surface area contributed by atoms with E-state index in [1.54, 1.807) is 12.1 Å². The van der Waals surface area contributed by atoms with E-state index in [-0.39, 0.29) is 11.9 Å². The van der Waals surface area contributed by atoms with Crippen LogP contribution in [0.1, 0.15) is 25.0 Å². The third-order valence-corrected chi connectivity index (χ3v) is 2.83. The molecule has 0 radical (unpaired) electrons. The zero-order chi connectivity index (χ0) is 10.7. The highest BCUT2D eigenvalue weighted by Gasteiger charge is 2.20. The van der Waals surface area contributed by atoms with Crippen LogP contribution >= 0.6 is 0 Å². The van der Waals surface area contributed by atoms with Crippen LogP contribution in [-0.4, -0.2) is 19.2 Å². The van der Waals surface area contributed by atoms with Crippen molar-refractivity contribution in [3.63, 3.8) is 0 Å². The van der Waals surface area contributed by atoms with Gasteiger partial charge in [0.05, 0.1) is 12.7 Å². The van der Waals surface area contributed by atoms with E-state index in [2.05, 4.69) is 12.2 Å². The first kappa shape index (κ1) is 10.6. The van der Waals surface area contributed by atoms with Crippen molar-refractivity contribution in [1.29, 1.82) is 0 Å². The number of benzene rings is 1. The maximum absolute atomic E-state index is 12.7. The van der Waals surface area contributed by atoms with E-state index in [1.807, 2.05) is 0 Å². The van der Waals surface area contributed by atoms with E-state index < -0.39 is 0 Å². The third kappa shape index (κ3) is 2.55.